The number of nitrogens with zero attached hydrogens (tertiary/aromatic N) is 3. The lowest BCUT2D eigenvalue weighted by atomic mass is 9.84. The SMILES string of the molecule is O=C(N[C@H]1CN2CCC1CC2)c1cc2c(N3CCSCC3=O)coc2cn1. The largest absolute Gasteiger partial charge is 0.460 e. The minimum Gasteiger partial charge on any atom is -0.460 e. The molecule has 2 aromatic heterocycles. The van der Waals surface area contributed by atoms with Gasteiger partial charge in [-0.3, -0.25) is 9.59 Å². The number of rotatable bonds is 3. The van der Waals surface area contributed by atoms with Gasteiger partial charge in [-0.25, -0.2) is 4.98 Å². The minimum atomic E-state index is -0.150. The van der Waals surface area contributed by atoms with Crippen LogP contribution in [0, 0.1) is 5.92 Å². The maximum atomic E-state index is 12.8. The summed E-state index contributed by atoms with van der Waals surface area (Å²) < 4.78 is 5.57. The van der Waals surface area contributed by atoms with Gasteiger partial charge in [0.15, 0.2) is 5.58 Å². The van der Waals surface area contributed by atoms with Crippen LogP contribution in [0.2, 0.25) is 0 Å². The van der Waals surface area contributed by atoms with Crippen LogP contribution in [0.5, 0.6) is 0 Å². The number of carbonyl (C=O) groups excluding carboxylic acids is 2. The molecule has 4 fully saturated rings. The molecular formula is C19H22N4O3S. The standard InChI is InChI=1S/C19H22N4O3S/c24-18-11-27-6-5-23(18)16-10-26-17-8-20-14(7-13(16)17)19(25)21-15-9-22-3-1-12(15)2-4-22/h7-8,10,12,15H,1-6,9,11H2,(H,21,25)/t15-/m0/s1. The van der Waals surface area contributed by atoms with E-state index in [1.165, 1.54) is 0 Å². The fourth-order valence-corrected chi connectivity index (χ4v) is 5.18. The van der Waals surface area contributed by atoms with Gasteiger partial charge in [-0.1, -0.05) is 0 Å². The van der Waals surface area contributed by atoms with Crippen molar-refractivity contribution in [2.75, 3.05) is 42.6 Å². The summed E-state index contributed by atoms with van der Waals surface area (Å²) in [6, 6.07) is 1.95. The summed E-state index contributed by atoms with van der Waals surface area (Å²) in [5.41, 5.74) is 1.70. The first-order chi connectivity index (χ1) is 13.2. The zero-order chi connectivity index (χ0) is 18.4. The molecule has 6 heterocycles. The maximum Gasteiger partial charge on any atom is 0.270 e. The summed E-state index contributed by atoms with van der Waals surface area (Å²) in [7, 11) is 0. The Morgan fingerprint density at radius 2 is 2.15 bits per heavy atom. The minimum absolute atomic E-state index is 0.0732. The number of fused-ring (bicyclic) bond motifs is 4. The van der Waals surface area contributed by atoms with E-state index in [-0.39, 0.29) is 17.9 Å². The van der Waals surface area contributed by atoms with Crippen LogP contribution in [-0.2, 0) is 4.79 Å². The van der Waals surface area contributed by atoms with Crippen LogP contribution < -0.4 is 10.2 Å². The highest BCUT2D eigenvalue weighted by Crippen LogP contribution is 2.32. The molecule has 142 valence electrons. The molecule has 0 unspecified atom stereocenters. The van der Waals surface area contributed by atoms with Gasteiger partial charge in [0, 0.05) is 30.3 Å². The predicted octanol–water partition coefficient (Wildman–Crippen LogP) is 1.73. The molecule has 2 aromatic rings. The Morgan fingerprint density at radius 3 is 2.89 bits per heavy atom. The normalized spacial score (nSPS) is 27.9. The highest BCUT2D eigenvalue weighted by molar-refractivity contribution is 8.00. The number of furan rings is 1. The van der Waals surface area contributed by atoms with Crippen molar-refractivity contribution in [2.24, 2.45) is 5.92 Å². The molecule has 8 heteroatoms. The molecule has 7 nitrogen and oxygen atoms in total. The van der Waals surface area contributed by atoms with Gasteiger partial charge in [0.25, 0.3) is 5.91 Å². The summed E-state index contributed by atoms with van der Waals surface area (Å²) in [5, 5.41) is 3.94. The zero-order valence-corrected chi connectivity index (χ0v) is 15.8. The first kappa shape index (κ1) is 17.1. The Labute approximate surface area is 161 Å². The number of aromatic nitrogens is 1. The summed E-state index contributed by atoms with van der Waals surface area (Å²) in [4.78, 5) is 33.5. The summed E-state index contributed by atoms with van der Waals surface area (Å²) in [5.74, 6) is 1.86. The Bertz CT molecular complexity index is 890. The van der Waals surface area contributed by atoms with Crippen molar-refractivity contribution in [3.8, 4) is 0 Å². The van der Waals surface area contributed by atoms with Crippen LogP contribution in [0.3, 0.4) is 0 Å². The third-order valence-electron chi connectivity index (χ3n) is 5.92. The Kier molecular flexibility index (Phi) is 4.32. The lowest BCUT2D eigenvalue weighted by Crippen LogP contribution is -2.57. The molecule has 2 amide bonds. The van der Waals surface area contributed by atoms with Gasteiger partial charge >= 0.3 is 0 Å². The van der Waals surface area contributed by atoms with E-state index in [9.17, 15) is 9.59 Å². The second-order valence-corrected chi connectivity index (χ2v) is 8.61. The van der Waals surface area contributed by atoms with E-state index in [2.05, 4.69) is 15.2 Å². The van der Waals surface area contributed by atoms with E-state index in [1.54, 1.807) is 35.2 Å². The van der Waals surface area contributed by atoms with Gasteiger partial charge in [0.2, 0.25) is 5.91 Å². The van der Waals surface area contributed by atoms with Crippen molar-refractivity contribution in [1.82, 2.24) is 15.2 Å². The van der Waals surface area contributed by atoms with Crippen LogP contribution in [0.15, 0.2) is 22.9 Å². The molecule has 0 aliphatic carbocycles. The molecule has 0 spiro atoms. The van der Waals surface area contributed by atoms with E-state index < -0.39 is 0 Å². The summed E-state index contributed by atoms with van der Waals surface area (Å²) in [6.07, 6.45) is 5.47. The van der Waals surface area contributed by atoms with Crippen molar-refractivity contribution in [3.05, 3.63) is 24.2 Å². The van der Waals surface area contributed by atoms with Crippen molar-refractivity contribution in [1.29, 1.82) is 0 Å². The zero-order valence-electron chi connectivity index (χ0n) is 15.0. The van der Waals surface area contributed by atoms with E-state index in [0.717, 1.165) is 49.3 Å². The topological polar surface area (TPSA) is 78.7 Å². The lowest BCUT2D eigenvalue weighted by molar-refractivity contribution is -0.116. The summed E-state index contributed by atoms with van der Waals surface area (Å²) >= 11 is 1.64. The number of carbonyl (C=O) groups is 2. The second-order valence-electron chi connectivity index (χ2n) is 7.50. The van der Waals surface area contributed by atoms with Crippen molar-refractivity contribution in [3.63, 3.8) is 0 Å². The molecule has 2 bridgehead atoms. The van der Waals surface area contributed by atoms with E-state index in [4.69, 9.17) is 4.42 Å². The van der Waals surface area contributed by atoms with Crippen molar-refractivity contribution < 1.29 is 14.0 Å². The lowest BCUT2D eigenvalue weighted by Gasteiger charge is -2.44. The first-order valence-electron chi connectivity index (χ1n) is 9.47. The molecule has 6 rings (SSSR count). The average Bonchev–Trinajstić information content (AvgIpc) is 3.12. The van der Waals surface area contributed by atoms with Gasteiger partial charge < -0.3 is 19.5 Å². The number of hydrogen-bond acceptors (Lipinski definition) is 6. The molecule has 27 heavy (non-hydrogen) atoms. The molecule has 4 saturated heterocycles. The molecular weight excluding hydrogens is 364 g/mol. The average molecular weight is 386 g/mol. The number of thioether (sulfide) groups is 1. The molecule has 0 aromatic carbocycles. The first-order valence-corrected chi connectivity index (χ1v) is 10.6. The smallest absolute Gasteiger partial charge is 0.270 e. The fourth-order valence-electron chi connectivity index (χ4n) is 4.40. The van der Waals surface area contributed by atoms with Crippen LogP contribution in [0.4, 0.5) is 5.69 Å². The molecule has 4 aliphatic rings. The van der Waals surface area contributed by atoms with Gasteiger partial charge in [0.05, 0.1) is 17.6 Å². The van der Waals surface area contributed by atoms with Crippen molar-refractivity contribution in [2.45, 2.75) is 18.9 Å². The maximum absolute atomic E-state index is 12.8. The molecule has 0 saturated carbocycles. The van der Waals surface area contributed by atoms with Gasteiger partial charge in [-0.2, -0.15) is 11.8 Å². The Hall–Kier alpha value is -2.06. The third-order valence-corrected chi connectivity index (χ3v) is 6.85. The molecule has 1 atom stereocenters. The van der Waals surface area contributed by atoms with Gasteiger partial charge in [-0.15, -0.1) is 0 Å². The molecule has 1 N–H and O–H groups in total. The number of pyridine rings is 1. The van der Waals surface area contributed by atoms with E-state index in [1.807, 2.05) is 0 Å². The third kappa shape index (κ3) is 3.10. The number of piperidine rings is 3. The highest BCUT2D eigenvalue weighted by atomic mass is 32.2. The second kappa shape index (κ2) is 6.83. The van der Waals surface area contributed by atoms with E-state index >= 15 is 0 Å². The quantitative estimate of drug-likeness (QED) is 0.866. The Morgan fingerprint density at radius 1 is 1.30 bits per heavy atom. The highest BCUT2D eigenvalue weighted by Gasteiger charge is 2.35. The fraction of sp³-hybridized carbons (Fsp3) is 0.526. The number of hydrogen-bond donors (Lipinski definition) is 1. The summed E-state index contributed by atoms with van der Waals surface area (Å²) in [6.45, 7) is 3.86. The molecule has 4 aliphatic heterocycles. The van der Waals surface area contributed by atoms with Gasteiger partial charge in [0.1, 0.15) is 12.0 Å². The number of amides is 2. The van der Waals surface area contributed by atoms with Gasteiger partial charge in [-0.05, 0) is 37.9 Å². The van der Waals surface area contributed by atoms with Crippen LogP contribution in [0.25, 0.3) is 11.0 Å². The van der Waals surface area contributed by atoms with Crippen LogP contribution >= 0.6 is 11.8 Å². The van der Waals surface area contributed by atoms with E-state index in [0.29, 0.717) is 29.5 Å². The van der Waals surface area contributed by atoms with Crippen LogP contribution in [0.1, 0.15) is 23.3 Å². The molecule has 0 radical (unpaired) electrons. The number of nitrogens with one attached hydrogen (secondary N) is 1. The Balaban J connectivity index is 1.39. The van der Waals surface area contributed by atoms with Crippen LogP contribution in [-0.4, -0.2) is 65.4 Å². The monoisotopic (exact) mass is 386 g/mol. The van der Waals surface area contributed by atoms with Crippen molar-refractivity contribution >= 4 is 40.2 Å². The predicted molar refractivity (Wildman–Crippen MR) is 104 cm³/mol. The number of anilines is 1.